The highest BCUT2D eigenvalue weighted by atomic mass is 16.6. The molecule has 0 aliphatic heterocycles. The third-order valence-corrected chi connectivity index (χ3v) is 1.24. The van der Waals surface area contributed by atoms with Gasteiger partial charge in [0.05, 0.1) is 0 Å². The van der Waals surface area contributed by atoms with E-state index in [1.165, 1.54) is 6.47 Å². The summed E-state index contributed by atoms with van der Waals surface area (Å²) >= 11 is 0. The van der Waals surface area contributed by atoms with E-state index in [2.05, 4.69) is 11.7 Å². The number of aliphatic hydroxyl groups is 1. The number of unbranched alkanes of at least 4 members (excludes halogenated alkanes) is 2. The van der Waals surface area contributed by atoms with Gasteiger partial charge in [0.15, 0.2) is 0 Å². The maximum Gasteiger partial charge on any atom is 0.419 e. The van der Waals surface area contributed by atoms with Gasteiger partial charge in [0.1, 0.15) is 0 Å². The molecule has 0 saturated carbocycles. The molecule has 0 aromatic heterocycles. The van der Waals surface area contributed by atoms with Crippen molar-refractivity contribution < 1.29 is 14.6 Å². The lowest BCUT2D eigenvalue weighted by molar-refractivity contribution is -0.0361. The lowest BCUT2D eigenvalue weighted by Crippen LogP contribution is -2.09. The molecule has 10 heavy (non-hydrogen) atoms. The van der Waals surface area contributed by atoms with Gasteiger partial charge in [0.25, 0.3) is 0 Å². The Morgan fingerprint density at radius 1 is 1.60 bits per heavy atom. The molecule has 0 aromatic rings. The molecule has 0 bridgehead atoms. The summed E-state index contributed by atoms with van der Waals surface area (Å²) < 4.78 is 4.14. The van der Waals surface area contributed by atoms with Crippen LogP contribution in [0, 0.1) is 0 Å². The van der Waals surface area contributed by atoms with Gasteiger partial charge in [-0.15, -0.1) is 0 Å². The molecule has 0 fully saturated rings. The average molecular weight is 145 g/mol. The third-order valence-electron chi connectivity index (χ3n) is 1.24. The first kappa shape index (κ1) is 9.43. The van der Waals surface area contributed by atoms with Crippen LogP contribution < -0.4 is 0 Å². The van der Waals surface area contributed by atoms with E-state index in [0.29, 0.717) is 6.42 Å². The highest BCUT2D eigenvalue weighted by Crippen LogP contribution is 2.02. The maximum absolute atomic E-state index is 9.54. The second kappa shape index (κ2) is 6.55. The van der Waals surface area contributed by atoms with Crippen molar-refractivity contribution in [3.8, 4) is 0 Å². The standard InChI is InChI=1S/C7H13O3/c1-2-3-4-5-7(9)10-6-8/h7,9H,2-5H2,1H3. The number of ether oxygens (including phenoxy) is 1. The number of hydrogen-bond acceptors (Lipinski definition) is 3. The molecule has 1 radical (unpaired) electrons. The van der Waals surface area contributed by atoms with Crippen molar-refractivity contribution in [1.82, 2.24) is 0 Å². The van der Waals surface area contributed by atoms with E-state index in [1.54, 1.807) is 0 Å². The van der Waals surface area contributed by atoms with Crippen LogP contribution in [0.2, 0.25) is 0 Å². The second-order valence-electron chi connectivity index (χ2n) is 2.15. The van der Waals surface area contributed by atoms with E-state index >= 15 is 0 Å². The summed E-state index contributed by atoms with van der Waals surface area (Å²) in [5.41, 5.74) is 0. The maximum atomic E-state index is 9.54. The van der Waals surface area contributed by atoms with E-state index in [1.807, 2.05) is 0 Å². The number of hydrogen-bond donors (Lipinski definition) is 1. The van der Waals surface area contributed by atoms with Crippen LogP contribution in [0.15, 0.2) is 0 Å². The quantitative estimate of drug-likeness (QED) is 0.447. The van der Waals surface area contributed by atoms with Gasteiger partial charge in [-0.3, -0.25) is 0 Å². The normalized spacial score (nSPS) is 12.6. The lowest BCUT2D eigenvalue weighted by Gasteiger charge is -2.05. The van der Waals surface area contributed by atoms with Gasteiger partial charge in [-0.25, -0.2) is 4.79 Å². The Morgan fingerprint density at radius 2 is 2.30 bits per heavy atom. The fraction of sp³-hybridized carbons (Fsp3) is 0.857. The lowest BCUT2D eigenvalue weighted by atomic mass is 10.2. The van der Waals surface area contributed by atoms with Gasteiger partial charge in [0, 0.05) is 6.42 Å². The van der Waals surface area contributed by atoms with Crippen LogP contribution in [0.4, 0.5) is 0 Å². The second-order valence-corrected chi connectivity index (χ2v) is 2.15. The molecule has 1 N–H and O–H groups in total. The number of rotatable bonds is 6. The van der Waals surface area contributed by atoms with Crippen LogP contribution >= 0.6 is 0 Å². The van der Waals surface area contributed by atoms with Gasteiger partial charge in [-0.05, 0) is 6.42 Å². The molecule has 1 unspecified atom stereocenters. The van der Waals surface area contributed by atoms with Crippen LogP contribution in [0.5, 0.6) is 0 Å². The van der Waals surface area contributed by atoms with E-state index in [9.17, 15) is 4.79 Å². The van der Waals surface area contributed by atoms with Crippen molar-refractivity contribution in [1.29, 1.82) is 0 Å². The summed E-state index contributed by atoms with van der Waals surface area (Å²) in [5.74, 6) is 0. The average Bonchev–Trinajstić information content (AvgIpc) is 1.89. The smallest absolute Gasteiger partial charge is 0.419 e. The zero-order valence-electron chi connectivity index (χ0n) is 6.17. The zero-order valence-corrected chi connectivity index (χ0v) is 6.17. The van der Waals surface area contributed by atoms with Crippen LogP contribution in [0.1, 0.15) is 32.6 Å². The van der Waals surface area contributed by atoms with Crippen molar-refractivity contribution in [3.05, 3.63) is 0 Å². The van der Waals surface area contributed by atoms with Gasteiger partial charge < -0.3 is 9.84 Å². The largest absolute Gasteiger partial charge is 0.428 e. The SMILES string of the molecule is CCCCCC(O)O[C]=O. The zero-order chi connectivity index (χ0) is 7.82. The van der Waals surface area contributed by atoms with E-state index in [-0.39, 0.29) is 0 Å². The molecule has 0 saturated heterocycles. The first-order valence-electron chi connectivity index (χ1n) is 3.52. The minimum atomic E-state index is -0.955. The van der Waals surface area contributed by atoms with E-state index in [4.69, 9.17) is 5.11 Å². The van der Waals surface area contributed by atoms with E-state index in [0.717, 1.165) is 19.3 Å². The molecule has 0 aliphatic rings. The predicted molar refractivity (Wildman–Crippen MR) is 36.9 cm³/mol. The highest BCUT2D eigenvalue weighted by Gasteiger charge is 2.01. The Bertz CT molecular complexity index is 82.9. The van der Waals surface area contributed by atoms with Crippen LogP contribution in [-0.4, -0.2) is 17.9 Å². The fourth-order valence-corrected chi connectivity index (χ4v) is 0.683. The molecule has 0 heterocycles. The van der Waals surface area contributed by atoms with Crippen molar-refractivity contribution in [2.45, 2.75) is 38.9 Å². The predicted octanol–water partition coefficient (Wildman–Crippen LogP) is 0.969. The Kier molecular flexibility index (Phi) is 6.18. The van der Waals surface area contributed by atoms with Gasteiger partial charge in [0.2, 0.25) is 6.29 Å². The van der Waals surface area contributed by atoms with Crippen molar-refractivity contribution >= 4 is 6.47 Å². The van der Waals surface area contributed by atoms with Crippen molar-refractivity contribution in [2.24, 2.45) is 0 Å². The van der Waals surface area contributed by atoms with Crippen molar-refractivity contribution in [3.63, 3.8) is 0 Å². The molecule has 59 valence electrons. The molecule has 0 aliphatic carbocycles. The Balaban J connectivity index is 3.04. The summed E-state index contributed by atoms with van der Waals surface area (Å²) in [6.07, 6.45) is 2.60. The van der Waals surface area contributed by atoms with Gasteiger partial charge in [-0.1, -0.05) is 19.8 Å². The van der Waals surface area contributed by atoms with Crippen molar-refractivity contribution in [2.75, 3.05) is 0 Å². The molecular weight excluding hydrogens is 132 g/mol. The molecule has 1 atom stereocenters. The minimum Gasteiger partial charge on any atom is -0.428 e. The molecule has 0 rings (SSSR count). The van der Waals surface area contributed by atoms with Crippen LogP contribution in [0.3, 0.4) is 0 Å². The minimum absolute atomic E-state index is 0.517. The Hall–Kier alpha value is -0.570. The highest BCUT2D eigenvalue weighted by molar-refractivity contribution is 5.38. The number of aliphatic hydroxyl groups excluding tert-OH is 1. The summed E-state index contributed by atoms with van der Waals surface area (Å²) in [5, 5.41) is 8.79. The summed E-state index contributed by atoms with van der Waals surface area (Å²) in [6, 6.07) is 0. The topological polar surface area (TPSA) is 46.5 Å². The van der Waals surface area contributed by atoms with E-state index < -0.39 is 6.29 Å². The first-order valence-corrected chi connectivity index (χ1v) is 3.52. The number of carbonyl (C=O) groups excluding carboxylic acids is 1. The third kappa shape index (κ3) is 5.56. The monoisotopic (exact) mass is 145 g/mol. The Labute approximate surface area is 61.0 Å². The summed E-state index contributed by atoms with van der Waals surface area (Å²) in [6.45, 7) is 3.26. The Morgan fingerprint density at radius 3 is 2.80 bits per heavy atom. The molecular formula is C7H13O3. The van der Waals surface area contributed by atoms with Crippen LogP contribution in [-0.2, 0) is 9.53 Å². The molecule has 0 amide bonds. The molecule has 3 nitrogen and oxygen atoms in total. The summed E-state index contributed by atoms with van der Waals surface area (Å²) in [4.78, 5) is 9.54. The molecule has 0 spiro atoms. The van der Waals surface area contributed by atoms with Crippen LogP contribution in [0.25, 0.3) is 0 Å². The van der Waals surface area contributed by atoms with Gasteiger partial charge in [-0.2, -0.15) is 0 Å². The first-order chi connectivity index (χ1) is 4.81. The fourth-order valence-electron chi connectivity index (χ4n) is 0.683. The summed E-state index contributed by atoms with van der Waals surface area (Å²) in [7, 11) is 0. The molecule has 3 heteroatoms. The molecule has 0 aromatic carbocycles. The van der Waals surface area contributed by atoms with Gasteiger partial charge >= 0.3 is 6.47 Å².